The Balaban J connectivity index is 1.58. The summed E-state index contributed by atoms with van der Waals surface area (Å²) in [5.74, 6) is 0.267. The Bertz CT molecular complexity index is 1080. The number of fused-ring (bicyclic) bond motifs is 1. The Kier molecular flexibility index (Phi) is 6.17. The van der Waals surface area contributed by atoms with Crippen LogP contribution in [0.4, 0.5) is 5.69 Å². The zero-order valence-electron chi connectivity index (χ0n) is 17.2. The first kappa shape index (κ1) is 20.8. The molecule has 2 heterocycles. The molecule has 0 saturated carbocycles. The maximum atomic E-state index is 12.5. The second-order valence-corrected chi connectivity index (χ2v) is 8.00. The Hall–Kier alpha value is -2.94. The lowest BCUT2D eigenvalue weighted by Crippen LogP contribution is -2.36. The van der Waals surface area contributed by atoms with Gasteiger partial charge >= 0.3 is 0 Å². The number of nitrogens with zero attached hydrogens (tertiary/aromatic N) is 5. The summed E-state index contributed by atoms with van der Waals surface area (Å²) >= 11 is 1.27. The lowest BCUT2D eigenvalue weighted by molar-refractivity contribution is -0.131. The predicted molar refractivity (Wildman–Crippen MR) is 113 cm³/mol. The number of aromatic nitrogens is 4. The van der Waals surface area contributed by atoms with Gasteiger partial charge in [0.05, 0.1) is 12.3 Å². The minimum absolute atomic E-state index is 0.0207. The van der Waals surface area contributed by atoms with Crippen molar-refractivity contribution in [1.29, 1.82) is 0 Å². The van der Waals surface area contributed by atoms with Crippen LogP contribution in [0.1, 0.15) is 22.5 Å². The van der Waals surface area contributed by atoms with Crippen LogP contribution >= 0.6 is 11.8 Å². The first-order valence-electron chi connectivity index (χ1n) is 9.18. The standard InChI is InChI=1S/C20H24N6O2S/c1-12-6-7-13(2)16(8-12)22-17(27)10-25(5)18(28)11-29-20-24-23-19-21-14(3)9-15(4)26(19)20/h6-9H,10-11H2,1-5H3,(H,22,27). The molecule has 1 N–H and O–H groups in total. The Labute approximate surface area is 173 Å². The van der Waals surface area contributed by atoms with Gasteiger partial charge in [-0.05, 0) is 51.0 Å². The molecule has 2 aromatic heterocycles. The summed E-state index contributed by atoms with van der Waals surface area (Å²) < 4.78 is 1.82. The molecule has 0 fully saturated rings. The number of hydrogen-bond donors (Lipinski definition) is 1. The van der Waals surface area contributed by atoms with Crippen LogP contribution < -0.4 is 5.32 Å². The zero-order chi connectivity index (χ0) is 21.1. The normalized spacial score (nSPS) is 10.9. The first-order chi connectivity index (χ1) is 13.7. The van der Waals surface area contributed by atoms with E-state index in [-0.39, 0.29) is 24.1 Å². The highest BCUT2D eigenvalue weighted by Gasteiger charge is 2.17. The van der Waals surface area contributed by atoms with Crippen LogP contribution in [0.25, 0.3) is 5.78 Å². The maximum Gasteiger partial charge on any atom is 0.256 e. The highest BCUT2D eigenvalue weighted by atomic mass is 32.2. The van der Waals surface area contributed by atoms with Crippen molar-refractivity contribution in [3.8, 4) is 0 Å². The van der Waals surface area contributed by atoms with Crippen molar-refractivity contribution in [3.05, 3.63) is 46.8 Å². The molecule has 0 atom stereocenters. The fourth-order valence-corrected chi connectivity index (χ4v) is 3.82. The van der Waals surface area contributed by atoms with E-state index in [0.29, 0.717) is 10.9 Å². The van der Waals surface area contributed by atoms with E-state index in [0.717, 1.165) is 28.2 Å². The third-order valence-corrected chi connectivity index (χ3v) is 5.38. The third kappa shape index (κ3) is 4.92. The minimum Gasteiger partial charge on any atom is -0.336 e. The second kappa shape index (κ2) is 8.60. The van der Waals surface area contributed by atoms with Crippen molar-refractivity contribution >= 4 is 35.0 Å². The number of anilines is 1. The highest BCUT2D eigenvalue weighted by Crippen LogP contribution is 2.19. The molecule has 8 nitrogen and oxygen atoms in total. The molecule has 2 amide bonds. The summed E-state index contributed by atoms with van der Waals surface area (Å²) in [7, 11) is 1.61. The van der Waals surface area contributed by atoms with Crippen LogP contribution in [0.3, 0.4) is 0 Å². The van der Waals surface area contributed by atoms with E-state index in [2.05, 4.69) is 20.5 Å². The number of amides is 2. The van der Waals surface area contributed by atoms with E-state index in [9.17, 15) is 9.59 Å². The van der Waals surface area contributed by atoms with E-state index < -0.39 is 0 Å². The number of carbonyl (C=O) groups excluding carboxylic acids is 2. The van der Waals surface area contributed by atoms with Gasteiger partial charge in [-0.15, -0.1) is 10.2 Å². The smallest absolute Gasteiger partial charge is 0.256 e. The number of nitrogens with one attached hydrogen (secondary N) is 1. The second-order valence-electron chi connectivity index (χ2n) is 7.06. The van der Waals surface area contributed by atoms with E-state index in [1.54, 1.807) is 7.05 Å². The van der Waals surface area contributed by atoms with Crippen LogP contribution in [0.15, 0.2) is 29.4 Å². The monoisotopic (exact) mass is 412 g/mol. The molecule has 1 aromatic carbocycles. The maximum absolute atomic E-state index is 12.5. The van der Waals surface area contributed by atoms with Gasteiger partial charge in [0.15, 0.2) is 5.16 Å². The highest BCUT2D eigenvalue weighted by molar-refractivity contribution is 7.99. The van der Waals surface area contributed by atoms with Crippen molar-refractivity contribution in [1.82, 2.24) is 24.5 Å². The molecule has 29 heavy (non-hydrogen) atoms. The number of hydrogen-bond acceptors (Lipinski definition) is 6. The molecular formula is C20H24N6O2S. The molecule has 9 heteroatoms. The van der Waals surface area contributed by atoms with Gasteiger partial charge in [0.1, 0.15) is 0 Å². The largest absolute Gasteiger partial charge is 0.336 e. The van der Waals surface area contributed by atoms with Gasteiger partial charge in [-0.1, -0.05) is 23.9 Å². The molecule has 0 aliphatic carbocycles. The van der Waals surface area contributed by atoms with Gasteiger partial charge < -0.3 is 10.2 Å². The molecule has 0 unspecified atom stereocenters. The lowest BCUT2D eigenvalue weighted by atomic mass is 10.1. The topological polar surface area (TPSA) is 92.5 Å². The Morgan fingerprint density at radius 2 is 1.90 bits per heavy atom. The fourth-order valence-electron chi connectivity index (χ4n) is 2.89. The first-order valence-corrected chi connectivity index (χ1v) is 10.2. The predicted octanol–water partition coefficient (Wildman–Crippen LogP) is 2.55. The molecule has 0 bridgehead atoms. The molecule has 0 radical (unpaired) electrons. The van der Waals surface area contributed by atoms with E-state index >= 15 is 0 Å². The SMILES string of the molecule is Cc1ccc(C)c(NC(=O)CN(C)C(=O)CSc2nnc3nc(C)cc(C)n23)c1. The van der Waals surface area contributed by atoms with Crippen molar-refractivity contribution < 1.29 is 9.59 Å². The summed E-state index contributed by atoms with van der Waals surface area (Å²) in [6, 6.07) is 7.80. The van der Waals surface area contributed by atoms with E-state index in [1.807, 2.05) is 56.4 Å². The summed E-state index contributed by atoms with van der Waals surface area (Å²) in [6.45, 7) is 7.72. The van der Waals surface area contributed by atoms with Gasteiger partial charge in [0.2, 0.25) is 11.8 Å². The van der Waals surface area contributed by atoms with Crippen molar-refractivity contribution in [2.75, 3.05) is 24.7 Å². The summed E-state index contributed by atoms with van der Waals surface area (Å²) in [5, 5.41) is 11.7. The molecule has 0 aliphatic heterocycles. The van der Waals surface area contributed by atoms with E-state index in [4.69, 9.17) is 0 Å². The summed E-state index contributed by atoms with van der Waals surface area (Å²) in [4.78, 5) is 30.6. The molecule has 3 aromatic rings. The number of likely N-dealkylation sites (N-methyl/N-ethyl adjacent to an activating group) is 1. The molecule has 0 aliphatic rings. The zero-order valence-corrected chi connectivity index (χ0v) is 18.0. The van der Waals surface area contributed by atoms with E-state index in [1.165, 1.54) is 16.7 Å². The van der Waals surface area contributed by atoms with Gasteiger partial charge in [-0.25, -0.2) is 4.98 Å². The van der Waals surface area contributed by atoms with Gasteiger partial charge in [-0.3, -0.25) is 14.0 Å². The molecule has 0 spiro atoms. The van der Waals surface area contributed by atoms with Gasteiger partial charge in [0, 0.05) is 24.1 Å². The van der Waals surface area contributed by atoms with Crippen molar-refractivity contribution in [2.24, 2.45) is 0 Å². The van der Waals surface area contributed by atoms with Crippen LogP contribution in [-0.4, -0.2) is 55.6 Å². The average molecular weight is 413 g/mol. The quantitative estimate of drug-likeness (QED) is 0.626. The number of benzene rings is 1. The van der Waals surface area contributed by atoms with Gasteiger partial charge in [-0.2, -0.15) is 0 Å². The lowest BCUT2D eigenvalue weighted by Gasteiger charge is -2.17. The number of carbonyl (C=O) groups is 2. The third-order valence-electron chi connectivity index (χ3n) is 4.46. The number of aryl methyl sites for hydroxylation is 4. The molecule has 0 saturated heterocycles. The molecular weight excluding hydrogens is 388 g/mol. The molecule has 3 rings (SSSR count). The van der Waals surface area contributed by atoms with Crippen LogP contribution in [0, 0.1) is 27.7 Å². The Morgan fingerprint density at radius 3 is 2.66 bits per heavy atom. The van der Waals surface area contributed by atoms with Crippen LogP contribution in [-0.2, 0) is 9.59 Å². The average Bonchev–Trinajstić information content (AvgIpc) is 3.05. The summed E-state index contributed by atoms with van der Waals surface area (Å²) in [5.41, 5.74) is 4.62. The van der Waals surface area contributed by atoms with Gasteiger partial charge in [0.25, 0.3) is 5.78 Å². The number of rotatable bonds is 6. The Morgan fingerprint density at radius 1 is 1.14 bits per heavy atom. The van der Waals surface area contributed by atoms with Crippen LogP contribution in [0.2, 0.25) is 0 Å². The summed E-state index contributed by atoms with van der Waals surface area (Å²) in [6.07, 6.45) is 0. The van der Waals surface area contributed by atoms with Crippen molar-refractivity contribution in [3.63, 3.8) is 0 Å². The van der Waals surface area contributed by atoms with Crippen LogP contribution in [0.5, 0.6) is 0 Å². The number of thioether (sulfide) groups is 1. The fraction of sp³-hybridized carbons (Fsp3) is 0.350. The minimum atomic E-state index is -0.233. The van der Waals surface area contributed by atoms with Crippen molar-refractivity contribution in [2.45, 2.75) is 32.9 Å². The molecule has 152 valence electrons.